The number of hydrogen-bond donors (Lipinski definition) is 7. The summed E-state index contributed by atoms with van der Waals surface area (Å²) in [6.07, 6.45) is -5.90. The summed E-state index contributed by atoms with van der Waals surface area (Å²) in [4.78, 5) is 24.2. The number of methoxy groups -OCH3 is 1. The Bertz CT molecular complexity index is 1360. The van der Waals surface area contributed by atoms with Crippen molar-refractivity contribution in [1.82, 2.24) is 0 Å². The number of phenols is 2. The van der Waals surface area contributed by atoms with E-state index in [9.17, 15) is 45.3 Å². The molecule has 0 bridgehead atoms. The zero-order valence-electron chi connectivity index (χ0n) is 17.9. The van der Waals surface area contributed by atoms with E-state index in [0.29, 0.717) is 0 Å². The maximum absolute atomic E-state index is 12.6. The Morgan fingerprint density at radius 2 is 1.83 bits per heavy atom. The maximum Gasteiger partial charge on any atom is 0.339 e. The predicted molar refractivity (Wildman–Crippen MR) is 114 cm³/mol. The highest BCUT2D eigenvalue weighted by Gasteiger charge is 2.57. The second-order valence-corrected chi connectivity index (χ2v) is 7.73. The van der Waals surface area contributed by atoms with E-state index in [1.54, 1.807) is 0 Å². The molecule has 4 unspecified atom stereocenters. The third-order valence-electron chi connectivity index (χ3n) is 5.46. The second kappa shape index (κ2) is 8.63. The van der Waals surface area contributed by atoms with Gasteiger partial charge in [0.1, 0.15) is 28.6 Å². The molecule has 0 spiro atoms. The van der Waals surface area contributed by atoms with Crippen molar-refractivity contribution in [2.24, 2.45) is 0 Å². The lowest BCUT2D eigenvalue weighted by Gasteiger charge is -2.42. The molecule has 3 aromatic rings. The van der Waals surface area contributed by atoms with Crippen molar-refractivity contribution in [3.05, 3.63) is 40.6 Å². The van der Waals surface area contributed by atoms with Crippen LogP contribution in [-0.2, 0) is 9.53 Å². The summed E-state index contributed by atoms with van der Waals surface area (Å²) >= 11 is 0. The molecule has 1 aliphatic rings. The van der Waals surface area contributed by atoms with E-state index in [1.165, 1.54) is 19.2 Å². The Hall–Kier alpha value is -4.04. The number of phenolic OH excluding ortho intramolecular Hbond substituents is 2. The van der Waals surface area contributed by atoms with E-state index in [0.717, 1.165) is 18.2 Å². The fourth-order valence-electron chi connectivity index (χ4n) is 3.74. The molecule has 0 radical (unpaired) electrons. The molecule has 2 heterocycles. The number of hydrogen-bond acceptors (Lipinski definition) is 12. The number of benzene rings is 2. The number of rotatable bonds is 5. The number of carbonyl (C=O) groups is 1. The van der Waals surface area contributed by atoms with E-state index >= 15 is 0 Å². The normalized spacial score (nSPS) is 24.3. The number of aromatic hydroxyl groups is 3. The van der Waals surface area contributed by atoms with Gasteiger partial charge in [0.05, 0.1) is 13.7 Å². The quantitative estimate of drug-likeness (QED) is 0.231. The minimum Gasteiger partial charge on any atom is -0.508 e. The van der Waals surface area contributed by atoms with E-state index in [4.69, 9.17) is 18.6 Å². The zero-order valence-corrected chi connectivity index (χ0v) is 17.9. The van der Waals surface area contributed by atoms with Crippen LogP contribution >= 0.6 is 0 Å². The molecule has 0 saturated carbocycles. The lowest BCUT2D eigenvalue weighted by atomic mass is 9.95. The van der Waals surface area contributed by atoms with Crippen LogP contribution in [0, 0.1) is 0 Å². The largest absolute Gasteiger partial charge is 0.508 e. The average molecular weight is 492 g/mol. The molecule has 4 rings (SSSR count). The van der Waals surface area contributed by atoms with E-state index in [2.05, 4.69) is 0 Å². The predicted octanol–water partition coefficient (Wildman–Crippen LogP) is -0.142. The Labute approximate surface area is 195 Å². The Kier molecular flexibility index (Phi) is 5.94. The van der Waals surface area contributed by atoms with Crippen molar-refractivity contribution in [3.8, 4) is 40.1 Å². The molecule has 1 saturated heterocycles. The molecular weight excluding hydrogens is 472 g/mol. The maximum atomic E-state index is 12.6. The molecule has 4 atom stereocenters. The first-order chi connectivity index (χ1) is 16.5. The minimum atomic E-state index is -2.97. The van der Waals surface area contributed by atoms with Gasteiger partial charge in [0.2, 0.25) is 17.3 Å². The molecule has 0 aliphatic carbocycles. The lowest BCUT2D eigenvalue weighted by Crippen LogP contribution is -2.68. The van der Waals surface area contributed by atoms with Crippen LogP contribution < -0.4 is 14.9 Å². The van der Waals surface area contributed by atoms with E-state index in [-0.39, 0.29) is 28.0 Å². The first kappa shape index (κ1) is 24.1. The van der Waals surface area contributed by atoms with Crippen LogP contribution in [0.4, 0.5) is 0 Å². The van der Waals surface area contributed by atoms with E-state index < -0.39 is 65.1 Å². The van der Waals surface area contributed by atoms with Gasteiger partial charge >= 0.3 is 5.97 Å². The molecular formula is C22H20O13. The molecule has 13 heteroatoms. The van der Waals surface area contributed by atoms with Crippen LogP contribution in [-0.4, -0.2) is 79.5 Å². The van der Waals surface area contributed by atoms with Gasteiger partial charge < -0.3 is 54.4 Å². The fraction of sp³-hybridized carbons (Fsp3) is 0.273. The van der Waals surface area contributed by atoms with Gasteiger partial charge in [-0.2, -0.15) is 0 Å². The van der Waals surface area contributed by atoms with Crippen molar-refractivity contribution in [3.63, 3.8) is 0 Å². The summed E-state index contributed by atoms with van der Waals surface area (Å²) in [6, 6.07) is 5.61. The summed E-state index contributed by atoms with van der Waals surface area (Å²) in [6.45, 7) is -0.587. The van der Waals surface area contributed by atoms with Gasteiger partial charge in [0.25, 0.3) is 5.79 Å². The molecule has 35 heavy (non-hydrogen) atoms. The minimum absolute atomic E-state index is 0.0395. The van der Waals surface area contributed by atoms with Crippen LogP contribution in [0.1, 0.15) is 0 Å². The van der Waals surface area contributed by atoms with Gasteiger partial charge in [-0.3, -0.25) is 4.79 Å². The molecule has 186 valence electrons. The van der Waals surface area contributed by atoms with Crippen molar-refractivity contribution in [1.29, 1.82) is 0 Å². The van der Waals surface area contributed by atoms with E-state index in [1.807, 2.05) is 0 Å². The van der Waals surface area contributed by atoms with Crippen LogP contribution in [0.15, 0.2) is 39.5 Å². The van der Waals surface area contributed by atoms with Gasteiger partial charge in [-0.25, -0.2) is 4.79 Å². The zero-order chi connectivity index (χ0) is 25.7. The fourth-order valence-corrected chi connectivity index (χ4v) is 3.74. The first-order valence-electron chi connectivity index (χ1n) is 10.00. The molecule has 2 aromatic carbocycles. The van der Waals surface area contributed by atoms with Gasteiger partial charge in [0, 0.05) is 17.7 Å². The number of carboxylic acid groups (broad SMARTS) is 1. The molecule has 1 aliphatic heterocycles. The molecule has 1 fully saturated rings. The molecule has 13 nitrogen and oxygen atoms in total. The van der Waals surface area contributed by atoms with Gasteiger partial charge in [0.15, 0.2) is 23.4 Å². The lowest BCUT2D eigenvalue weighted by molar-refractivity contribution is -0.313. The third kappa shape index (κ3) is 3.95. The SMILES string of the molecule is COc1ccc(-c2oc3cc(O)cc(O)c3c(=O)c2O)cc1OC1(O)C(C(=O)O)OCC(O)C1O. The monoisotopic (exact) mass is 492 g/mol. The number of aliphatic hydroxyl groups is 3. The summed E-state index contributed by atoms with van der Waals surface area (Å²) in [5.41, 5.74) is -1.31. The Morgan fingerprint density at radius 3 is 2.49 bits per heavy atom. The van der Waals surface area contributed by atoms with Crippen molar-refractivity contribution >= 4 is 16.9 Å². The highest BCUT2D eigenvalue weighted by Crippen LogP contribution is 2.41. The summed E-state index contributed by atoms with van der Waals surface area (Å²) < 4.78 is 21.0. The summed E-state index contributed by atoms with van der Waals surface area (Å²) in [5.74, 6) is -7.49. The number of aliphatic hydroxyl groups excluding tert-OH is 2. The number of ether oxygens (including phenoxy) is 3. The van der Waals surface area contributed by atoms with Gasteiger partial charge in [-0.05, 0) is 18.2 Å². The third-order valence-corrected chi connectivity index (χ3v) is 5.46. The van der Waals surface area contributed by atoms with Crippen LogP contribution in [0.5, 0.6) is 28.7 Å². The van der Waals surface area contributed by atoms with Crippen LogP contribution in [0.25, 0.3) is 22.3 Å². The van der Waals surface area contributed by atoms with Gasteiger partial charge in [-0.15, -0.1) is 0 Å². The topological polar surface area (TPSA) is 217 Å². The average Bonchev–Trinajstić information content (AvgIpc) is 2.79. The Balaban J connectivity index is 1.86. The number of fused-ring (bicyclic) bond motifs is 1. The van der Waals surface area contributed by atoms with Crippen molar-refractivity contribution in [2.75, 3.05) is 13.7 Å². The van der Waals surface area contributed by atoms with Crippen molar-refractivity contribution in [2.45, 2.75) is 24.1 Å². The first-order valence-corrected chi connectivity index (χ1v) is 10.00. The molecule has 1 aromatic heterocycles. The second-order valence-electron chi connectivity index (χ2n) is 7.73. The van der Waals surface area contributed by atoms with Crippen LogP contribution in [0.3, 0.4) is 0 Å². The standard InChI is InChI=1S/C22H20O13/c1-32-12-3-2-8(18-17(27)16(26)15-10(24)5-9(23)6-14(15)34-18)4-13(12)35-22(31)19(28)11(25)7-33-20(22)21(29)30/h2-6,11,19-20,23-25,27-28,31H,7H2,1H3,(H,29,30). The Morgan fingerprint density at radius 1 is 1.11 bits per heavy atom. The molecule has 0 amide bonds. The summed E-state index contributed by atoms with van der Waals surface area (Å²) in [7, 11) is 1.22. The van der Waals surface area contributed by atoms with Crippen molar-refractivity contribution < 1.29 is 59.2 Å². The highest BCUT2D eigenvalue weighted by atomic mass is 16.7. The molecule has 7 N–H and O–H groups in total. The smallest absolute Gasteiger partial charge is 0.339 e. The van der Waals surface area contributed by atoms with Crippen LogP contribution in [0.2, 0.25) is 0 Å². The van der Waals surface area contributed by atoms with Gasteiger partial charge in [-0.1, -0.05) is 0 Å². The number of aliphatic carboxylic acids is 1. The summed E-state index contributed by atoms with van der Waals surface area (Å²) in [5, 5.41) is 70.3. The number of carboxylic acids is 1. The highest BCUT2D eigenvalue weighted by molar-refractivity contribution is 5.88.